The molecule has 0 saturated carbocycles. The molecule has 0 bridgehead atoms. The third-order valence-corrected chi connectivity index (χ3v) is 4.86. The molecule has 3 aromatic rings. The van der Waals surface area contributed by atoms with Gasteiger partial charge in [0.25, 0.3) is 11.8 Å². The Morgan fingerprint density at radius 2 is 1.77 bits per heavy atom. The Morgan fingerprint density at radius 3 is 2.52 bits per heavy atom. The lowest BCUT2D eigenvalue weighted by molar-refractivity contribution is -0.120. The first-order chi connectivity index (χ1) is 15.0. The van der Waals surface area contributed by atoms with Crippen LogP contribution >= 0.6 is 27.5 Å². The fraction of sp³-hybridized carbons (Fsp3) is 0.0870. The number of hydrogen-bond donors (Lipinski definition) is 2. The molecule has 0 atom stereocenters. The first-order valence-electron chi connectivity index (χ1n) is 9.33. The molecule has 0 saturated heterocycles. The number of benzene rings is 3. The molecule has 0 aromatic heterocycles. The van der Waals surface area contributed by atoms with Gasteiger partial charge in [0.05, 0.1) is 12.8 Å². The summed E-state index contributed by atoms with van der Waals surface area (Å²) >= 11 is 9.22. The van der Waals surface area contributed by atoms with Gasteiger partial charge in [0.2, 0.25) is 0 Å². The Labute approximate surface area is 193 Å². The minimum absolute atomic E-state index is 0.214. The van der Waals surface area contributed by atoms with Crippen LogP contribution in [0.5, 0.6) is 5.75 Å². The van der Waals surface area contributed by atoms with E-state index >= 15 is 0 Å². The third-order valence-electron chi connectivity index (χ3n) is 4.12. The number of hydrazone groups is 1. The molecule has 2 amide bonds. The van der Waals surface area contributed by atoms with Gasteiger partial charge in [0.1, 0.15) is 12.4 Å². The van der Waals surface area contributed by atoms with Crippen molar-refractivity contribution in [2.24, 2.45) is 5.10 Å². The van der Waals surface area contributed by atoms with Crippen LogP contribution in [-0.4, -0.2) is 24.6 Å². The summed E-state index contributed by atoms with van der Waals surface area (Å²) < 4.78 is 6.73. The van der Waals surface area contributed by atoms with Crippen molar-refractivity contribution < 1.29 is 14.3 Å². The molecule has 0 fully saturated rings. The van der Waals surface area contributed by atoms with E-state index in [0.717, 1.165) is 10.0 Å². The standard InChI is InChI=1S/C23H19BrClN3O3/c24-19-8-11-21(31-15-16-4-2-1-3-5-16)18(12-19)13-27-28-22(29)14-26-23(30)17-6-9-20(25)10-7-17/h1-13H,14-15H2,(H,26,30)(H,28,29)/b27-13+. The van der Waals surface area contributed by atoms with Gasteiger partial charge in [-0.25, -0.2) is 5.43 Å². The van der Waals surface area contributed by atoms with Gasteiger partial charge in [0.15, 0.2) is 0 Å². The van der Waals surface area contributed by atoms with Crippen LogP contribution in [0.1, 0.15) is 21.5 Å². The molecule has 31 heavy (non-hydrogen) atoms. The Bertz CT molecular complexity index is 1070. The number of carbonyl (C=O) groups is 2. The van der Waals surface area contributed by atoms with Crippen molar-refractivity contribution in [1.82, 2.24) is 10.7 Å². The average Bonchev–Trinajstić information content (AvgIpc) is 2.78. The molecule has 6 nitrogen and oxygen atoms in total. The largest absolute Gasteiger partial charge is 0.488 e. The molecule has 3 aromatic carbocycles. The quantitative estimate of drug-likeness (QED) is 0.351. The number of amides is 2. The molecule has 0 spiro atoms. The number of hydrogen-bond acceptors (Lipinski definition) is 4. The van der Waals surface area contributed by atoms with Crippen LogP contribution in [0.4, 0.5) is 0 Å². The summed E-state index contributed by atoms with van der Waals surface area (Å²) in [5.74, 6) is -0.208. The zero-order chi connectivity index (χ0) is 22.1. The van der Waals surface area contributed by atoms with Crippen LogP contribution in [0.3, 0.4) is 0 Å². The first kappa shape index (κ1) is 22.5. The SMILES string of the molecule is O=C(CNC(=O)c1ccc(Cl)cc1)N/N=C/c1cc(Br)ccc1OCc1ccccc1. The van der Waals surface area contributed by atoms with Crippen molar-refractivity contribution in [1.29, 1.82) is 0 Å². The van der Waals surface area contributed by atoms with Gasteiger partial charge in [0, 0.05) is 20.6 Å². The topological polar surface area (TPSA) is 79.8 Å². The van der Waals surface area contributed by atoms with Gasteiger partial charge in [-0.1, -0.05) is 57.9 Å². The zero-order valence-electron chi connectivity index (χ0n) is 16.3. The summed E-state index contributed by atoms with van der Waals surface area (Å²) in [6.45, 7) is 0.195. The maximum atomic E-state index is 12.0. The van der Waals surface area contributed by atoms with Crippen molar-refractivity contribution >= 4 is 45.6 Å². The summed E-state index contributed by atoms with van der Waals surface area (Å²) in [4.78, 5) is 24.0. The molecule has 0 aliphatic rings. The molecule has 0 aliphatic heterocycles. The summed E-state index contributed by atoms with van der Waals surface area (Å²) in [5.41, 5.74) is 4.53. The molecular formula is C23H19BrClN3O3. The summed E-state index contributed by atoms with van der Waals surface area (Å²) in [6.07, 6.45) is 1.49. The molecule has 0 aliphatic carbocycles. The Kier molecular flexibility index (Phi) is 8.20. The van der Waals surface area contributed by atoms with Crippen LogP contribution in [-0.2, 0) is 11.4 Å². The fourth-order valence-electron chi connectivity index (χ4n) is 2.56. The highest BCUT2D eigenvalue weighted by atomic mass is 79.9. The van der Waals surface area contributed by atoms with Crippen molar-refractivity contribution in [3.05, 3.63) is 99.0 Å². The zero-order valence-corrected chi connectivity index (χ0v) is 18.7. The molecule has 0 radical (unpaired) electrons. The van der Waals surface area contributed by atoms with E-state index in [9.17, 15) is 9.59 Å². The van der Waals surface area contributed by atoms with Crippen LogP contribution in [0.25, 0.3) is 0 Å². The number of ether oxygens (including phenoxy) is 1. The molecule has 2 N–H and O–H groups in total. The Balaban J connectivity index is 1.53. The highest BCUT2D eigenvalue weighted by molar-refractivity contribution is 9.10. The maximum absolute atomic E-state index is 12.0. The van der Waals surface area contributed by atoms with Crippen LogP contribution in [0, 0.1) is 0 Å². The van der Waals surface area contributed by atoms with Crippen molar-refractivity contribution in [3.63, 3.8) is 0 Å². The third kappa shape index (κ3) is 7.24. The van der Waals surface area contributed by atoms with Crippen LogP contribution in [0.2, 0.25) is 5.02 Å². The van der Waals surface area contributed by atoms with E-state index < -0.39 is 5.91 Å². The number of nitrogens with one attached hydrogen (secondary N) is 2. The minimum Gasteiger partial charge on any atom is -0.488 e. The van der Waals surface area contributed by atoms with Crippen molar-refractivity contribution in [2.75, 3.05) is 6.54 Å². The Hall–Kier alpha value is -3.16. The second kappa shape index (κ2) is 11.3. The summed E-state index contributed by atoms with van der Waals surface area (Å²) in [7, 11) is 0. The maximum Gasteiger partial charge on any atom is 0.259 e. The molecule has 3 rings (SSSR count). The predicted molar refractivity (Wildman–Crippen MR) is 124 cm³/mol. The monoisotopic (exact) mass is 499 g/mol. The molecule has 8 heteroatoms. The second-order valence-electron chi connectivity index (χ2n) is 6.44. The van der Waals surface area contributed by atoms with Crippen LogP contribution < -0.4 is 15.5 Å². The lowest BCUT2D eigenvalue weighted by Gasteiger charge is -2.10. The fourth-order valence-corrected chi connectivity index (χ4v) is 3.07. The predicted octanol–water partition coefficient (Wildman–Crippen LogP) is 4.56. The Morgan fingerprint density at radius 1 is 1.03 bits per heavy atom. The summed E-state index contributed by atoms with van der Waals surface area (Å²) in [6, 6.07) is 21.7. The van der Waals surface area contributed by atoms with Gasteiger partial charge in [-0.2, -0.15) is 5.10 Å². The first-order valence-corrected chi connectivity index (χ1v) is 10.5. The number of carbonyl (C=O) groups excluding carboxylic acids is 2. The van der Waals surface area contributed by atoms with E-state index in [4.69, 9.17) is 16.3 Å². The van der Waals surface area contributed by atoms with E-state index in [2.05, 4.69) is 31.8 Å². The van der Waals surface area contributed by atoms with Crippen LogP contribution in [0.15, 0.2) is 82.4 Å². The van der Waals surface area contributed by atoms with Gasteiger partial charge >= 0.3 is 0 Å². The number of rotatable bonds is 8. The van der Waals surface area contributed by atoms with Crippen molar-refractivity contribution in [3.8, 4) is 5.75 Å². The van der Waals surface area contributed by atoms with E-state index in [1.54, 1.807) is 24.3 Å². The highest BCUT2D eigenvalue weighted by Crippen LogP contribution is 2.22. The van der Waals surface area contributed by atoms with E-state index in [0.29, 0.717) is 28.5 Å². The van der Waals surface area contributed by atoms with E-state index in [-0.39, 0.29) is 12.5 Å². The minimum atomic E-state index is -0.458. The lowest BCUT2D eigenvalue weighted by atomic mass is 10.2. The average molecular weight is 501 g/mol. The van der Waals surface area contributed by atoms with Crippen molar-refractivity contribution in [2.45, 2.75) is 6.61 Å². The smallest absolute Gasteiger partial charge is 0.259 e. The van der Waals surface area contributed by atoms with Gasteiger partial charge < -0.3 is 10.1 Å². The van der Waals surface area contributed by atoms with E-state index in [1.165, 1.54) is 6.21 Å². The summed E-state index contributed by atoms with van der Waals surface area (Å²) in [5, 5.41) is 7.02. The second-order valence-corrected chi connectivity index (χ2v) is 7.79. The molecular weight excluding hydrogens is 482 g/mol. The van der Waals surface area contributed by atoms with Gasteiger partial charge in [-0.15, -0.1) is 0 Å². The highest BCUT2D eigenvalue weighted by Gasteiger charge is 2.08. The molecule has 158 valence electrons. The van der Waals surface area contributed by atoms with Gasteiger partial charge in [-0.3, -0.25) is 9.59 Å². The molecule has 0 unspecified atom stereocenters. The normalized spacial score (nSPS) is 10.6. The number of nitrogens with zero attached hydrogens (tertiary/aromatic N) is 1. The van der Waals surface area contributed by atoms with E-state index in [1.807, 2.05) is 48.5 Å². The molecule has 0 heterocycles. The van der Waals surface area contributed by atoms with Gasteiger partial charge in [-0.05, 0) is 48.0 Å². The lowest BCUT2D eigenvalue weighted by Crippen LogP contribution is -2.34. The number of halogens is 2.